The summed E-state index contributed by atoms with van der Waals surface area (Å²) in [6.45, 7) is 1.88. The second-order valence-electron chi connectivity index (χ2n) is 5.28. The predicted molar refractivity (Wildman–Crippen MR) is 89.6 cm³/mol. The summed E-state index contributed by atoms with van der Waals surface area (Å²) in [6.07, 6.45) is 1.63. The van der Waals surface area contributed by atoms with E-state index in [1.165, 1.54) is 0 Å². The minimum Gasteiger partial charge on any atom is -0.507 e. The number of nitrogens with zero attached hydrogens (tertiary/aromatic N) is 2. The van der Waals surface area contributed by atoms with Crippen LogP contribution < -0.4 is 10.6 Å². The Morgan fingerprint density at radius 3 is 2.39 bits per heavy atom. The smallest absolute Gasteiger partial charge is 0.343 e. The topological polar surface area (TPSA) is 61.1 Å². The maximum atomic E-state index is 12.7. The summed E-state index contributed by atoms with van der Waals surface area (Å²) in [5.41, 5.74) is 2.59. The largest absolute Gasteiger partial charge is 0.507 e. The molecule has 2 N–H and O–H groups in total. The Bertz CT molecular complexity index is 921. The van der Waals surface area contributed by atoms with Crippen LogP contribution in [-0.2, 0) is 7.05 Å². The SMILES string of the molecule is Cc1c([NH+]=Cc2ccccc2O)c(=O)n(-c2ccccc2)n1C. The van der Waals surface area contributed by atoms with Crippen molar-refractivity contribution in [3.63, 3.8) is 0 Å². The molecule has 0 saturated heterocycles. The van der Waals surface area contributed by atoms with Gasteiger partial charge in [-0.25, -0.2) is 9.67 Å². The van der Waals surface area contributed by atoms with Crippen LogP contribution in [-0.4, -0.2) is 20.7 Å². The number of hydrogen-bond acceptors (Lipinski definition) is 2. The molecule has 116 valence electrons. The van der Waals surface area contributed by atoms with Crippen LogP contribution in [0.15, 0.2) is 59.4 Å². The number of phenols is 1. The average Bonchev–Trinajstić information content (AvgIpc) is 2.78. The number of nitrogens with one attached hydrogen (secondary N) is 1. The Balaban J connectivity index is 2.09. The van der Waals surface area contributed by atoms with Crippen LogP contribution in [0.25, 0.3) is 5.69 Å². The van der Waals surface area contributed by atoms with Gasteiger partial charge in [0.05, 0.1) is 11.3 Å². The molecule has 0 atom stereocenters. The second-order valence-corrected chi connectivity index (χ2v) is 5.28. The zero-order chi connectivity index (χ0) is 16.4. The van der Waals surface area contributed by atoms with Crippen molar-refractivity contribution >= 4 is 11.9 Å². The van der Waals surface area contributed by atoms with E-state index in [0.717, 1.165) is 11.4 Å². The number of aromatic nitrogens is 2. The number of hydrogen-bond donors (Lipinski definition) is 2. The van der Waals surface area contributed by atoms with Gasteiger partial charge < -0.3 is 5.11 Å². The van der Waals surface area contributed by atoms with E-state index in [4.69, 9.17) is 0 Å². The summed E-state index contributed by atoms with van der Waals surface area (Å²) in [5.74, 6) is 0.164. The number of rotatable bonds is 3. The van der Waals surface area contributed by atoms with Crippen molar-refractivity contribution in [2.75, 3.05) is 0 Å². The quantitative estimate of drug-likeness (QED) is 0.710. The number of para-hydroxylation sites is 2. The summed E-state index contributed by atoms with van der Waals surface area (Å²) in [5, 5.41) is 9.81. The van der Waals surface area contributed by atoms with Gasteiger partial charge in [0.2, 0.25) is 0 Å². The first-order chi connectivity index (χ1) is 11.1. The highest BCUT2D eigenvalue weighted by Crippen LogP contribution is 2.12. The Labute approximate surface area is 133 Å². The van der Waals surface area contributed by atoms with Gasteiger partial charge in [0.1, 0.15) is 11.4 Å². The van der Waals surface area contributed by atoms with Crippen molar-refractivity contribution in [1.29, 1.82) is 0 Å². The molecule has 0 unspecified atom stereocenters. The highest BCUT2D eigenvalue weighted by atomic mass is 16.3. The van der Waals surface area contributed by atoms with Crippen LogP contribution in [0.2, 0.25) is 0 Å². The van der Waals surface area contributed by atoms with E-state index in [0.29, 0.717) is 11.3 Å². The molecular formula is C18H18N3O2+. The van der Waals surface area contributed by atoms with Crippen LogP contribution in [0.3, 0.4) is 0 Å². The molecule has 23 heavy (non-hydrogen) atoms. The van der Waals surface area contributed by atoms with E-state index in [1.54, 1.807) is 33.8 Å². The molecule has 2 aromatic carbocycles. The Morgan fingerprint density at radius 1 is 1.04 bits per heavy atom. The fourth-order valence-corrected chi connectivity index (χ4v) is 2.49. The Kier molecular flexibility index (Phi) is 3.85. The highest BCUT2D eigenvalue weighted by Gasteiger charge is 2.19. The molecule has 0 spiro atoms. The monoisotopic (exact) mass is 308 g/mol. The lowest BCUT2D eigenvalue weighted by atomic mass is 10.2. The van der Waals surface area contributed by atoms with Gasteiger partial charge in [-0.2, -0.15) is 0 Å². The number of benzene rings is 2. The Hall–Kier alpha value is -3.08. The highest BCUT2D eigenvalue weighted by molar-refractivity contribution is 5.79. The third-order valence-electron chi connectivity index (χ3n) is 3.86. The second kappa shape index (κ2) is 5.96. The average molecular weight is 308 g/mol. The van der Waals surface area contributed by atoms with Gasteiger partial charge in [0, 0.05) is 7.05 Å². The molecule has 0 aliphatic rings. The molecule has 0 amide bonds. The third-order valence-corrected chi connectivity index (χ3v) is 3.86. The summed E-state index contributed by atoms with van der Waals surface area (Å²) < 4.78 is 3.41. The molecule has 0 radical (unpaired) electrons. The van der Waals surface area contributed by atoms with Crippen molar-refractivity contribution in [1.82, 2.24) is 9.36 Å². The van der Waals surface area contributed by atoms with Crippen LogP contribution >= 0.6 is 0 Å². The van der Waals surface area contributed by atoms with Gasteiger partial charge in [-0.1, -0.05) is 30.3 Å². The Morgan fingerprint density at radius 2 is 1.70 bits per heavy atom. The van der Waals surface area contributed by atoms with Crippen molar-refractivity contribution in [3.8, 4) is 11.4 Å². The molecule has 0 saturated carbocycles. The van der Waals surface area contributed by atoms with Crippen molar-refractivity contribution in [3.05, 3.63) is 76.2 Å². The molecular weight excluding hydrogens is 290 g/mol. The van der Waals surface area contributed by atoms with Gasteiger partial charge >= 0.3 is 5.56 Å². The van der Waals surface area contributed by atoms with Crippen LogP contribution in [0.4, 0.5) is 5.69 Å². The van der Waals surface area contributed by atoms with Gasteiger partial charge in [-0.05, 0) is 31.2 Å². The van der Waals surface area contributed by atoms with E-state index in [-0.39, 0.29) is 11.3 Å². The molecule has 5 nitrogen and oxygen atoms in total. The summed E-state index contributed by atoms with van der Waals surface area (Å²) in [4.78, 5) is 15.7. The van der Waals surface area contributed by atoms with Crippen molar-refractivity contribution < 1.29 is 10.1 Å². The zero-order valence-electron chi connectivity index (χ0n) is 13.0. The van der Waals surface area contributed by atoms with E-state index < -0.39 is 0 Å². The van der Waals surface area contributed by atoms with E-state index in [2.05, 4.69) is 4.99 Å². The molecule has 0 bridgehead atoms. The first-order valence-corrected chi connectivity index (χ1v) is 7.31. The molecule has 1 heterocycles. The molecule has 3 rings (SSSR count). The minimum absolute atomic E-state index is 0.136. The van der Waals surface area contributed by atoms with Crippen molar-refractivity contribution in [2.45, 2.75) is 6.92 Å². The van der Waals surface area contributed by atoms with Crippen LogP contribution in [0.1, 0.15) is 11.3 Å². The normalized spacial score (nSPS) is 11.2. The fraction of sp³-hybridized carbons (Fsp3) is 0.111. The molecule has 5 heteroatoms. The minimum atomic E-state index is -0.136. The predicted octanol–water partition coefficient (Wildman–Crippen LogP) is 1.02. The van der Waals surface area contributed by atoms with Gasteiger partial charge in [-0.15, -0.1) is 0 Å². The van der Waals surface area contributed by atoms with E-state index in [1.807, 2.05) is 50.4 Å². The lowest BCUT2D eigenvalue weighted by Crippen LogP contribution is -2.64. The van der Waals surface area contributed by atoms with Gasteiger partial charge in [0.15, 0.2) is 6.21 Å². The maximum Gasteiger partial charge on any atom is 0.343 e. The first-order valence-electron chi connectivity index (χ1n) is 7.31. The number of phenolic OH excluding ortho intramolecular Hbond substituents is 1. The summed E-state index contributed by atoms with van der Waals surface area (Å²) in [6, 6.07) is 16.4. The molecule has 0 aliphatic heterocycles. The first kappa shape index (κ1) is 14.8. The van der Waals surface area contributed by atoms with Crippen LogP contribution in [0, 0.1) is 6.92 Å². The molecule has 3 aromatic rings. The van der Waals surface area contributed by atoms with Gasteiger partial charge in [0.25, 0.3) is 5.69 Å². The maximum absolute atomic E-state index is 12.7. The third kappa shape index (κ3) is 2.68. The molecule has 0 fully saturated rings. The zero-order valence-corrected chi connectivity index (χ0v) is 13.0. The molecule has 1 aromatic heterocycles. The van der Waals surface area contributed by atoms with Gasteiger partial charge in [-0.3, -0.25) is 9.48 Å². The summed E-state index contributed by atoms with van der Waals surface area (Å²) in [7, 11) is 1.84. The van der Waals surface area contributed by atoms with E-state index in [9.17, 15) is 9.90 Å². The summed E-state index contributed by atoms with van der Waals surface area (Å²) >= 11 is 0. The van der Waals surface area contributed by atoms with Crippen LogP contribution in [0.5, 0.6) is 5.75 Å². The standard InChI is InChI=1S/C18H17N3O2/c1-13-17(19-12-14-8-6-7-11-16(14)22)18(23)21(20(13)2)15-9-4-3-5-10-15/h3-12,22H,1-2H3/p+1. The van der Waals surface area contributed by atoms with E-state index >= 15 is 0 Å². The fourth-order valence-electron chi connectivity index (χ4n) is 2.49. The number of aromatic hydroxyl groups is 1. The molecule has 0 aliphatic carbocycles. The lowest BCUT2D eigenvalue weighted by molar-refractivity contribution is -0.348. The van der Waals surface area contributed by atoms with Crippen molar-refractivity contribution in [2.24, 2.45) is 7.05 Å². The lowest BCUT2D eigenvalue weighted by Gasteiger charge is -2.06.